The van der Waals surface area contributed by atoms with E-state index in [0.717, 1.165) is 11.3 Å². The Morgan fingerprint density at radius 2 is 1.83 bits per heavy atom. The van der Waals surface area contributed by atoms with Crippen LogP contribution in [0.5, 0.6) is 0 Å². The highest BCUT2D eigenvalue weighted by Gasteiger charge is 2.12. The molecule has 0 radical (unpaired) electrons. The van der Waals surface area contributed by atoms with Crippen molar-refractivity contribution in [3.63, 3.8) is 0 Å². The van der Waals surface area contributed by atoms with E-state index in [1.54, 1.807) is 49.1 Å². The first kappa shape index (κ1) is 20.1. The summed E-state index contributed by atoms with van der Waals surface area (Å²) in [5.74, 6) is -0.0797. The van der Waals surface area contributed by atoms with Crippen LogP contribution in [-0.2, 0) is 16.0 Å². The Kier molecular flexibility index (Phi) is 6.63. The van der Waals surface area contributed by atoms with Gasteiger partial charge in [0.05, 0.1) is 18.5 Å². The lowest BCUT2D eigenvalue weighted by atomic mass is 10.2. The zero-order chi connectivity index (χ0) is 20.6. The molecule has 0 aliphatic heterocycles. The van der Waals surface area contributed by atoms with E-state index in [2.05, 4.69) is 10.4 Å². The molecule has 150 valence electrons. The highest BCUT2D eigenvalue weighted by molar-refractivity contribution is 5.92. The maximum Gasteiger partial charge on any atom is 0.413 e. The van der Waals surface area contributed by atoms with E-state index >= 15 is 0 Å². The third kappa shape index (κ3) is 5.44. The van der Waals surface area contributed by atoms with Crippen molar-refractivity contribution in [3.05, 3.63) is 72.6 Å². The molecule has 7 nitrogen and oxygen atoms in total. The summed E-state index contributed by atoms with van der Waals surface area (Å²) in [4.78, 5) is 25.4. The Hall–Kier alpha value is -3.61. The lowest BCUT2D eigenvalue weighted by Gasteiger charge is -2.16. The molecular formula is C22H24N4O3. The molecule has 0 unspecified atom stereocenters. The number of nitrogens with zero attached hydrogens (tertiary/aromatic N) is 3. The summed E-state index contributed by atoms with van der Waals surface area (Å²) in [5, 5.41) is 7.21. The van der Waals surface area contributed by atoms with Crippen LogP contribution in [0, 0.1) is 0 Å². The normalized spacial score (nSPS) is 10.4. The number of carbonyl (C=O) groups excluding carboxylic acids is 2. The molecule has 7 heteroatoms. The summed E-state index contributed by atoms with van der Waals surface area (Å²) >= 11 is 0. The fourth-order valence-corrected chi connectivity index (χ4v) is 2.79. The van der Waals surface area contributed by atoms with E-state index in [1.807, 2.05) is 36.5 Å². The van der Waals surface area contributed by atoms with E-state index in [4.69, 9.17) is 4.74 Å². The van der Waals surface area contributed by atoms with Gasteiger partial charge in [0, 0.05) is 31.0 Å². The van der Waals surface area contributed by atoms with Crippen LogP contribution in [0.15, 0.2) is 67.0 Å². The van der Waals surface area contributed by atoms with Gasteiger partial charge in [-0.15, -0.1) is 0 Å². The molecule has 1 heterocycles. The van der Waals surface area contributed by atoms with Crippen LogP contribution in [0.1, 0.15) is 18.9 Å². The van der Waals surface area contributed by atoms with Gasteiger partial charge in [0.15, 0.2) is 0 Å². The lowest BCUT2D eigenvalue weighted by molar-refractivity contribution is -0.116. The van der Waals surface area contributed by atoms with Crippen molar-refractivity contribution in [1.82, 2.24) is 9.78 Å². The van der Waals surface area contributed by atoms with Gasteiger partial charge in [-0.1, -0.05) is 18.2 Å². The van der Waals surface area contributed by atoms with Crippen LogP contribution in [0.3, 0.4) is 0 Å². The average Bonchev–Trinajstić information content (AvgIpc) is 3.22. The molecule has 0 saturated heterocycles. The molecule has 0 atom stereocenters. The van der Waals surface area contributed by atoms with Crippen molar-refractivity contribution in [3.8, 4) is 5.69 Å². The molecule has 3 aromatic rings. The van der Waals surface area contributed by atoms with Crippen molar-refractivity contribution >= 4 is 23.4 Å². The van der Waals surface area contributed by atoms with Crippen LogP contribution in [-0.4, -0.2) is 35.4 Å². The minimum Gasteiger partial charge on any atom is -0.449 e. The predicted molar refractivity (Wildman–Crippen MR) is 112 cm³/mol. The van der Waals surface area contributed by atoms with Gasteiger partial charge >= 0.3 is 6.09 Å². The molecule has 1 N–H and O–H groups in total. The number of benzene rings is 2. The van der Waals surface area contributed by atoms with Crippen LogP contribution >= 0.6 is 0 Å². The fourth-order valence-electron chi connectivity index (χ4n) is 2.79. The van der Waals surface area contributed by atoms with Crippen molar-refractivity contribution < 1.29 is 14.3 Å². The van der Waals surface area contributed by atoms with Crippen LogP contribution in [0.25, 0.3) is 5.69 Å². The van der Waals surface area contributed by atoms with Gasteiger partial charge in [0.25, 0.3) is 0 Å². The highest BCUT2D eigenvalue weighted by Crippen LogP contribution is 2.18. The quantitative estimate of drug-likeness (QED) is 0.658. The number of nitrogens with one attached hydrogen (secondary N) is 1. The standard InChI is InChI=1S/C22H24N4O3/c1-3-29-22(28)25(2)19-12-10-18(11-13-19)24-21(27)14-9-17-15-23-26(16-17)20-7-5-4-6-8-20/h4-8,10-13,15-16H,3,9,14H2,1-2H3,(H,24,27). The van der Waals surface area contributed by atoms with E-state index in [0.29, 0.717) is 30.8 Å². The summed E-state index contributed by atoms with van der Waals surface area (Å²) in [7, 11) is 1.64. The molecule has 29 heavy (non-hydrogen) atoms. The molecule has 0 aliphatic carbocycles. The van der Waals surface area contributed by atoms with Gasteiger partial charge < -0.3 is 10.1 Å². The second-order valence-corrected chi connectivity index (χ2v) is 6.48. The number of para-hydroxylation sites is 1. The summed E-state index contributed by atoms with van der Waals surface area (Å²) < 4.78 is 6.76. The van der Waals surface area contributed by atoms with Crippen molar-refractivity contribution in [2.45, 2.75) is 19.8 Å². The van der Waals surface area contributed by atoms with Crippen LogP contribution < -0.4 is 10.2 Å². The van der Waals surface area contributed by atoms with Crippen LogP contribution in [0.4, 0.5) is 16.2 Å². The number of hydrogen-bond acceptors (Lipinski definition) is 4. The molecule has 0 fully saturated rings. The average molecular weight is 392 g/mol. The molecular weight excluding hydrogens is 368 g/mol. The summed E-state index contributed by atoms with van der Waals surface area (Å²) in [6.45, 7) is 2.08. The van der Waals surface area contributed by atoms with E-state index < -0.39 is 6.09 Å². The Labute approximate surface area is 169 Å². The summed E-state index contributed by atoms with van der Waals surface area (Å²) in [6.07, 6.45) is 4.25. The zero-order valence-electron chi connectivity index (χ0n) is 16.5. The number of amides is 2. The number of anilines is 2. The van der Waals surface area contributed by atoms with E-state index in [9.17, 15) is 9.59 Å². The predicted octanol–water partition coefficient (Wildman–Crippen LogP) is 4.04. The highest BCUT2D eigenvalue weighted by atomic mass is 16.6. The SMILES string of the molecule is CCOC(=O)N(C)c1ccc(NC(=O)CCc2cnn(-c3ccccc3)c2)cc1. The zero-order valence-corrected chi connectivity index (χ0v) is 16.5. The topological polar surface area (TPSA) is 76.5 Å². The molecule has 0 aliphatic rings. The second kappa shape index (κ2) is 9.54. The van der Waals surface area contributed by atoms with Gasteiger partial charge in [-0.2, -0.15) is 5.10 Å². The van der Waals surface area contributed by atoms with Crippen LogP contribution in [0.2, 0.25) is 0 Å². The van der Waals surface area contributed by atoms with Crippen molar-refractivity contribution in [2.24, 2.45) is 0 Å². The number of hydrogen-bond donors (Lipinski definition) is 1. The Bertz CT molecular complexity index is 952. The van der Waals surface area contributed by atoms with Crippen molar-refractivity contribution in [2.75, 3.05) is 23.9 Å². The third-order valence-electron chi connectivity index (χ3n) is 4.38. The number of aromatic nitrogens is 2. The molecule has 2 aromatic carbocycles. The number of rotatable bonds is 7. The van der Waals surface area contributed by atoms with Gasteiger partial charge in [-0.25, -0.2) is 9.48 Å². The molecule has 0 spiro atoms. The van der Waals surface area contributed by atoms with Gasteiger partial charge in [-0.05, 0) is 55.3 Å². The monoisotopic (exact) mass is 392 g/mol. The first-order valence-corrected chi connectivity index (χ1v) is 9.46. The summed E-state index contributed by atoms with van der Waals surface area (Å²) in [6, 6.07) is 16.9. The lowest BCUT2D eigenvalue weighted by Crippen LogP contribution is -2.26. The molecule has 3 rings (SSSR count). The third-order valence-corrected chi connectivity index (χ3v) is 4.38. The Morgan fingerprint density at radius 3 is 2.52 bits per heavy atom. The molecule has 0 saturated carbocycles. The smallest absolute Gasteiger partial charge is 0.413 e. The van der Waals surface area contributed by atoms with E-state index in [-0.39, 0.29) is 5.91 Å². The second-order valence-electron chi connectivity index (χ2n) is 6.48. The Morgan fingerprint density at radius 1 is 1.10 bits per heavy atom. The molecule has 2 amide bonds. The maximum atomic E-state index is 12.3. The van der Waals surface area contributed by atoms with E-state index in [1.165, 1.54) is 4.90 Å². The fraction of sp³-hybridized carbons (Fsp3) is 0.227. The number of aryl methyl sites for hydroxylation is 1. The molecule has 1 aromatic heterocycles. The first-order valence-electron chi connectivity index (χ1n) is 9.46. The van der Waals surface area contributed by atoms with Crippen molar-refractivity contribution in [1.29, 1.82) is 0 Å². The Balaban J connectivity index is 1.51. The molecule has 0 bridgehead atoms. The number of ether oxygens (including phenoxy) is 1. The summed E-state index contributed by atoms with van der Waals surface area (Å²) in [5.41, 5.74) is 3.34. The number of carbonyl (C=O) groups is 2. The minimum absolute atomic E-state index is 0.0797. The maximum absolute atomic E-state index is 12.3. The van der Waals surface area contributed by atoms with Gasteiger partial charge in [-0.3, -0.25) is 9.69 Å². The first-order chi connectivity index (χ1) is 14.1. The minimum atomic E-state index is -0.416. The van der Waals surface area contributed by atoms with Gasteiger partial charge in [0.2, 0.25) is 5.91 Å². The van der Waals surface area contributed by atoms with Gasteiger partial charge in [0.1, 0.15) is 0 Å². The largest absolute Gasteiger partial charge is 0.449 e.